The average Bonchev–Trinajstić information content (AvgIpc) is 3.00. The van der Waals surface area contributed by atoms with Gasteiger partial charge in [0.05, 0.1) is 0 Å². The number of hydrogen-bond acceptors (Lipinski definition) is 6. The molecule has 0 aliphatic heterocycles. The number of fused-ring (bicyclic) bond motifs is 1. The second-order valence-corrected chi connectivity index (χ2v) is 6.42. The molecule has 0 saturated carbocycles. The molecule has 26 heavy (non-hydrogen) atoms. The second kappa shape index (κ2) is 6.67. The Kier molecular flexibility index (Phi) is 4.54. The lowest BCUT2D eigenvalue weighted by Gasteiger charge is -2.13. The van der Waals surface area contributed by atoms with Crippen LogP contribution < -0.4 is 0 Å². The predicted molar refractivity (Wildman–Crippen MR) is 95.4 cm³/mol. The van der Waals surface area contributed by atoms with Gasteiger partial charge < -0.3 is 4.74 Å². The number of esters is 1. The molecular formula is C19H20N4O3. The molecule has 0 spiro atoms. The van der Waals surface area contributed by atoms with Gasteiger partial charge in [-0.3, -0.25) is 4.79 Å². The van der Waals surface area contributed by atoms with Crippen LogP contribution in [0.25, 0.3) is 5.78 Å². The first-order valence-electron chi connectivity index (χ1n) is 8.29. The van der Waals surface area contributed by atoms with Gasteiger partial charge in [-0.15, -0.1) is 5.10 Å². The number of aromatic nitrogens is 4. The fraction of sp³-hybridized carbons (Fsp3) is 0.316. The van der Waals surface area contributed by atoms with Crippen molar-refractivity contribution >= 4 is 17.5 Å². The normalized spacial score (nSPS) is 12.2. The molecule has 134 valence electrons. The maximum Gasteiger partial charge on any atom is 0.379 e. The SMILES string of the molecule is Cc1ccc(C)c(C(=O)[C@@H](C)OC(=O)c2nc3nc(C)cc(C)n3n2)c1. The largest absolute Gasteiger partial charge is 0.448 e. The van der Waals surface area contributed by atoms with Crippen LogP contribution in [0.1, 0.15) is 50.4 Å². The van der Waals surface area contributed by atoms with E-state index in [2.05, 4.69) is 15.1 Å². The van der Waals surface area contributed by atoms with Crippen molar-refractivity contribution in [2.45, 2.75) is 40.7 Å². The van der Waals surface area contributed by atoms with Crippen LogP contribution in [0.15, 0.2) is 24.3 Å². The molecule has 2 heterocycles. The van der Waals surface area contributed by atoms with Crippen LogP contribution in [-0.4, -0.2) is 37.4 Å². The van der Waals surface area contributed by atoms with E-state index in [1.54, 1.807) is 13.0 Å². The van der Waals surface area contributed by atoms with Crippen LogP contribution in [0.2, 0.25) is 0 Å². The zero-order valence-electron chi connectivity index (χ0n) is 15.4. The number of hydrogen-bond donors (Lipinski definition) is 0. The topological polar surface area (TPSA) is 86.5 Å². The van der Waals surface area contributed by atoms with Crippen molar-refractivity contribution in [3.63, 3.8) is 0 Å². The molecule has 0 unspecified atom stereocenters. The molecule has 0 fully saturated rings. The first-order chi connectivity index (χ1) is 12.3. The van der Waals surface area contributed by atoms with E-state index >= 15 is 0 Å². The van der Waals surface area contributed by atoms with Gasteiger partial charge in [-0.2, -0.15) is 4.98 Å². The van der Waals surface area contributed by atoms with Crippen molar-refractivity contribution < 1.29 is 14.3 Å². The Labute approximate surface area is 151 Å². The lowest BCUT2D eigenvalue weighted by molar-refractivity contribution is 0.0307. The van der Waals surface area contributed by atoms with E-state index < -0.39 is 12.1 Å². The summed E-state index contributed by atoms with van der Waals surface area (Å²) in [6.07, 6.45) is -0.939. The molecule has 3 rings (SSSR count). The fourth-order valence-corrected chi connectivity index (χ4v) is 2.74. The summed E-state index contributed by atoms with van der Waals surface area (Å²) in [6, 6.07) is 7.43. The van der Waals surface area contributed by atoms with Crippen LogP contribution in [-0.2, 0) is 4.74 Å². The first kappa shape index (κ1) is 17.7. The third kappa shape index (κ3) is 3.33. The number of aryl methyl sites for hydroxylation is 4. The van der Waals surface area contributed by atoms with Crippen molar-refractivity contribution in [2.24, 2.45) is 0 Å². The minimum atomic E-state index is -0.939. The van der Waals surface area contributed by atoms with Crippen LogP contribution in [0.5, 0.6) is 0 Å². The third-order valence-electron chi connectivity index (χ3n) is 4.11. The van der Waals surface area contributed by atoms with E-state index in [1.807, 2.05) is 45.9 Å². The van der Waals surface area contributed by atoms with Crippen LogP contribution in [0.3, 0.4) is 0 Å². The number of Topliss-reactive ketones (excluding diaryl/α,β-unsaturated/α-hetero) is 1. The Morgan fingerprint density at radius 3 is 2.54 bits per heavy atom. The van der Waals surface area contributed by atoms with Gasteiger partial charge in [0.15, 0.2) is 6.10 Å². The summed E-state index contributed by atoms with van der Waals surface area (Å²) >= 11 is 0. The summed E-state index contributed by atoms with van der Waals surface area (Å²) in [5.74, 6) is -0.804. The maximum atomic E-state index is 12.6. The van der Waals surface area contributed by atoms with Gasteiger partial charge in [0.2, 0.25) is 5.78 Å². The molecule has 1 atom stereocenters. The lowest BCUT2D eigenvalue weighted by Crippen LogP contribution is -2.25. The molecule has 0 amide bonds. The molecule has 0 radical (unpaired) electrons. The van der Waals surface area contributed by atoms with Crippen molar-refractivity contribution in [3.05, 3.63) is 58.2 Å². The average molecular weight is 352 g/mol. The number of benzene rings is 1. The van der Waals surface area contributed by atoms with E-state index in [-0.39, 0.29) is 11.6 Å². The van der Waals surface area contributed by atoms with Crippen LogP contribution >= 0.6 is 0 Å². The molecule has 0 aliphatic rings. The maximum absolute atomic E-state index is 12.6. The predicted octanol–water partition coefficient (Wildman–Crippen LogP) is 2.79. The zero-order valence-corrected chi connectivity index (χ0v) is 15.4. The molecule has 7 heteroatoms. The highest BCUT2D eigenvalue weighted by atomic mass is 16.5. The Bertz CT molecular complexity index is 1020. The quantitative estimate of drug-likeness (QED) is 0.530. The van der Waals surface area contributed by atoms with Crippen LogP contribution in [0, 0.1) is 27.7 Å². The van der Waals surface area contributed by atoms with E-state index in [0.29, 0.717) is 11.3 Å². The number of ether oxygens (including phenoxy) is 1. The van der Waals surface area contributed by atoms with Crippen molar-refractivity contribution in [1.82, 2.24) is 19.6 Å². The van der Waals surface area contributed by atoms with E-state index in [4.69, 9.17) is 4.74 Å². The van der Waals surface area contributed by atoms with Crippen molar-refractivity contribution in [1.29, 1.82) is 0 Å². The van der Waals surface area contributed by atoms with Gasteiger partial charge in [-0.25, -0.2) is 14.3 Å². The first-order valence-corrected chi connectivity index (χ1v) is 8.29. The molecule has 0 N–H and O–H groups in total. The van der Waals surface area contributed by atoms with Gasteiger partial charge >= 0.3 is 5.97 Å². The fourth-order valence-electron chi connectivity index (χ4n) is 2.74. The zero-order chi connectivity index (χ0) is 19.0. The van der Waals surface area contributed by atoms with Gasteiger partial charge in [0.25, 0.3) is 11.6 Å². The van der Waals surface area contributed by atoms with Gasteiger partial charge in [-0.05, 0) is 52.3 Å². The van der Waals surface area contributed by atoms with Crippen molar-refractivity contribution in [3.8, 4) is 0 Å². The number of nitrogens with zero attached hydrogens (tertiary/aromatic N) is 4. The summed E-state index contributed by atoms with van der Waals surface area (Å²) < 4.78 is 6.77. The number of carbonyl (C=O) groups is 2. The van der Waals surface area contributed by atoms with E-state index in [9.17, 15) is 9.59 Å². The minimum Gasteiger partial charge on any atom is -0.448 e. The van der Waals surface area contributed by atoms with Gasteiger partial charge in [0, 0.05) is 17.0 Å². The smallest absolute Gasteiger partial charge is 0.379 e. The number of ketones is 1. The minimum absolute atomic E-state index is 0.119. The molecule has 7 nitrogen and oxygen atoms in total. The van der Waals surface area contributed by atoms with Crippen LogP contribution in [0.4, 0.5) is 0 Å². The number of carbonyl (C=O) groups excluding carboxylic acids is 2. The van der Waals surface area contributed by atoms with Gasteiger partial charge in [0.1, 0.15) is 0 Å². The summed E-state index contributed by atoms with van der Waals surface area (Å²) in [6.45, 7) is 8.99. The summed E-state index contributed by atoms with van der Waals surface area (Å²) in [4.78, 5) is 33.3. The molecule has 1 aromatic carbocycles. The molecule has 3 aromatic rings. The summed E-state index contributed by atoms with van der Waals surface area (Å²) in [7, 11) is 0. The Balaban J connectivity index is 1.82. The number of rotatable bonds is 4. The highest BCUT2D eigenvalue weighted by molar-refractivity contribution is 6.02. The third-order valence-corrected chi connectivity index (χ3v) is 4.11. The molecule has 0 saturated heterocycles. The highest BCUT2D eigenvalue weighted by Crippen LogP contribution is 2.15. The standard InChI is InChI=1S/C19H20N4O3/c1-10-6-7-11(2)15(8-10)16(24)14(5)26-18(25)17-21-19-20-12(3)9-13(4)23(19)22-17/h6-9,14H,1-5H3/t14-/m1/s1. The Morgan fingerprint density at radius 1 is 1.08 bits per heavy atom. The summed E-state index contributed by atoms with van der Waals surface area (Å²) in [5, 5.41) is 4.13. The highest BCUT2D eigenvalue weighted by Gasteiger charge is 2.24. The second-order valence-electron chi connectivity index (χ2n) is 6.42. The van der Waals surface area contributed by atoms with Gasteiger partial charge in [-0.1, -0.05) is 17.7 Å². The lowest BCUT2D eigenvalue weighted by atomic mass is 9.99. The van der Waals surface area contributed by atoms with E-state index in [1.165, 1.54) is 4.52 Å². The van der Waals surface area contributed by atoms with Crippen molar-refractivity contribution in [2.75, 3.05) is 0 Å². The Morgan fingerprint density at radius 2 is 1.81 bits per heavy atom. The molecular weight excluding hydrogens is 332 g/mol. The Hall–Kier alpha value is -3.09. The molecule has 2 aromatic heterocycles. The monoisotopic (exact) mass is 352 g/mol. The van der Waals surface area contributed by atoms with E-state index in [0.717, 1.165) is 22.5 Å². The summed E-state index contributed by atoms with van der Waals surface area (Å²) in [5.41, 5.74) is 3.93. The molecule has 0 aliphatic carbocycles. The molecule has 0 bridgehead atoms.